The number of H-pyrrole nitrogens is 1. The fourth-order valence-corrected chi connectivity index (χ4v) is 2.87. The van der Waals surface area contributed by atoms with Crippen LogP contribution in [0.5, 0.6) is 11.5 Å². The van der Waals surface area contributed by atoms with Crippen LogP contribution in [0.25, 0.3) is 10.9 Å². The Morgan fingerprint density at radius 1 is 1.04 bits per heavy atom. The van der Waals surface area contributed by atoms with Gasteiger partial charge >= 0.3 is 0 Å². The summed E-state index contributed by atoms with van der Waals surface area (Å²) in [7, 11) is 3.15. The first-order chi connectivity index (χ1) is 12.6. The summed E-state index contributed by atoms with van der Waals surface area (Å²) in [4.78, 5) is 15.2. The maximum Gasteiger partial charge on any atom is 0.253 e. The maximum atomic E-state index is 12.9. The first-order valence-corrected chi connectivity index (χ1v) is 8.34. The molecule has 0 amide bonds. The molecule has 0 radical (unpaired) electrons. The number of nitrogens with one attached hydrogen (secondary N) is 2. The Hall–Kier alpha value is -2.86. The Morgan fingerprint density at radius 2 is 1.73 bits per heavy atom. The van der Waals surface area contributed by atoms with Crippen LogP contribution in [-0.2, 0) is 13.0 Å². The summed E-state index contributed by atoms with van der Waals surface area (Å²) in [6.07, 6.45) is 0.753. The van der Waals surface area contributed by atoms with E-state index in [-0.39, 0.29) is 11.4 Å². The topological polar surface area (TPSA) is 63.4 Å². The third-order valence-corrected chi connectivity index (χ3v) is 4.28. The Balaban J connectivity index is 1.74. The van der Waals surface area contributed by atoms with E-state index in [0.717, 1.165) is 17.4 Å². The molecule has 26 heavy (non-hydrogen) atoms. The van der Waals surface area contributed by atoms with Gasteiger partial charge in [0, 0.05) is 17.5 Å². The number of hydrogen-bond donors (Lipinski definition) is 2. The molecule has 0 fully saturated rings. The summed E-state index contributed by atoms with van der Waals surface area (Å²) in [6.45, 7) is 1.10. The van der Waals surface area contributed by atoms with Gasteiger partial charge in [-0.05, 0) is 48.9 Å². The van der Waals surface area contributed by atoms with E-state index in [1.54, 1.807) is 32.4 Å². The number of hydrogen-bond acceptors (Lipinski definition) is 4. The van der Waals surface area contributed by atoms with Crippen molar-refractivity contribution in [3.05, 3.63) is 69.8 Å². The Kier molecular flexibility index (Phi) is 5.53. The summed E-state index contributed by atoms with van der Waals surface area (Å²) in [6, 6.07) is 11.8. The van der Waals surface area contributed by atoms with Crippen molar-refractivity contribution >= 4 is 10.9 Å². The van der Waals surface area contributed by atoms with Gasteiger partial charge in [-0.1, -0.05) is 12.1 Å². The lowest BCUT2D eigenvalue weighted by atomic mass is 10.1. The fraction of sp³-hybridized carbons (Fsp3) is 0.250. The second-order valence-electron chi connectivity index (χ2n) is 5.94. The van der Waals surface area contributed by atoms with Crippen LogP contribution >= 0.6 is 0 Å². The van der Waals surface area contributed by atoms with E-state index in [1.165, 1.54) is 12.1 Å². The van der Waals surface area contributed by atoms with Crippen molar-refractivity contribution in [2.45, 2.75) is 13.0 Å². The van der Waals surface area contributed by atoms with E-state index in [1.807, 2.05) is 12.1 Å². The molecule has 3 aromatic rings. The molecule has 0 saturated heterocycles. The minimum Gasteiger partial charge on any atom is -0.496 e. The summed E-state index contributed by atoms with van der Waals surface area (Å²) < 4.78 is 23.6. The molecule has 2 N–H and O–H groups in total. The molecule has 0 aliphatic heterocycles. The van der Waals surface area contributed by atoms with Crippen LogP contribution in [0.3, 0.4) is 0 Å². The van der Waals surface area contributed by atoms with E-state index in [9.17, 15) is 9.18 Å². The van der Waals surface area contributed by atoms with Gasteiger partial charge in [-0.25, -0.2) is 4.39 Å². The predicted molar refractivity (Wildman–Crippen MR) is 99.5 cm³/mol. The molecule has 0 saturated carbocycles. The Labute approximate surface area is 150 Å². The van der Waals surface area contributed by atoms with E-state index in [2.05, 4.69) is 10.3 Å². The number of halogens is 1. The average molecular weight is 356 g/mol. The van der Waals surface area contributed by atoms with Gasteiger partial charge in [-0.15, -0.1) is 0 Å². The van der Waals surface area contributed by atoms with Gasteiger partial charge in [0.05, 0.1) is 19.7 Å². The lowest BCUT2D eigenvalue weighted by Crippen LogP contribution is -2.23. The fourth-order valence-electron chi connectivity index (χ4n) is 2.87. The molecule has 0 spiro atoms. The second kappa shape index (κ2) is 8.01. The number of benzene rings is 2. The highest BCUT2D eigenvalue weighted by Gasteiger charge is 2.11. The lowest BCUT2D eigenvalue weighted by molar-refractivity contribution is 0.409. The molecule has 6 heteroatoms. The van der Waals surface area contributed by atoms with Gasteiger partial charge in [0.2, 0.25) is 0 Å². The quantitative estimate of drug-likeness (QED) is 0.639. The smallest absolute Gasteiger partial charge is 0.253 e. The third kappa shape index (κ3) is 3.86. The highest BCUT2D eigenvalue weighted by atomic mass is 19.1. The molecule has 136 valence electrons. The van der Waals surface area contributed by atoms with Crippen LogP contribution in [0.1, 0.15) is 11.1 Å². The van der Waals surface area contributed by atoms with Crippen LogP contribution < -0.4 is 20.3 Å². The Bertz CT molecular complexity index is 952. The first-order valence-electron chi connectivity index (χ1n) is 8.34. The minimum absolute atomic E-state index is 0.168. The molecule has 1 aromatic heterocycles. The molecule has 3 rings (SSSR count). The number of ether oxygens (including phenoxy) is 2. The molecule has 0 aliphatic rings. The second-order valence-corrected chi connectivity index (χ2v) is 5.94. The van der Waals surface area contributed by atoms with Gasteiger partial charge in [0.15, 0.2) is 0 Å². The minimum atomic E-state index is -0.242. The van der Waals surface area contributed by atoms with Crippen LogP contribution in [0.15, 0.2) is 47.3 Å². The molecular weight excluding hydrogens is 335 g/mol. The van der Waals surface area contributed by atoms with Crippen molar-refractivity contribution in [3.63, 3.8) is 0 Å². The van der Waals surface area contributed by atoms with Crippen molar-refractivity contribution in [1.82, 2.24) is 10.3 Å². The summed E-state index contributed by atoms with van der Waals surface area (Å²) in [5, 5.41) is 4.04. The number of aromatic amines is 1. The van der Waals surface area contributed by atoms with E-state index < -0.39 is 0 Å². The first kappa shape index (κ1) is 17.9. The third-order valence-electron chi connectivity index (χ3n) is 4.28. The molecular formula is C20H21FN2O3. The predicted octanol–water partition coefficient (Wildman–Crippen LogP) is 3.02. The van der Waals surface area contributed by atoms with Crippen LogP contribution in [-0.4, -0.2) is 25.7 Å². The number of rotatable bonds is 7. The van der Waals surface area contributed by atoms with Gasteiger partial charge in [-0.3, -0.25) is 4.79 Å². The van der Waals surface area contributed by atoms with Gasteiger partial charge in [0.1, 0.15) is 17.3 Å². The molecule has 0 bridgehead atoms. The summed E-state index contributed by atoms with van der Waals surface area (Å²) >= 11 is 0. The molecule has 0 aliphatic carbocycles. The van der Waals surface area contributed by atoms with Gasteiger partial charge in [0.25, 0.3) is 5.56 Å². The zero-order chi connectivity index (χ0) is 18.5. The van der Waals surface area contributed by atoms with Crippen molar-refractivity contribution in [2.75, 3.05) is 20.8 Å². The lowest BCUT2D eigenvalue weighted by Gasteiger charge is -2.11. The normalized spacial score (nSPS) is 10.9. The molecule has 0 unspecified atom stereocenters. The maximum absolute atomic E-state index is 12.9. The van der Waals surface area contributed by atoms with E-state index >= 15 is 0 Å². The standard InChI is InChI=1S/C20H21FN2O3/c1-25-17-7-8-18(26-2)19-16(17)11-14(20(24)23-19)12-22-10-9-13-3-5-15(21)6-4-13/h3-8,11,22H,9-10,12H2,1-2H3,(H,23,24). The molecule has 2 aromatic carbocycles. The zero-order valence-corrected chi connectivity index (χ0v) is 14.8. The Morgan fingerprint density at radius 3 is 2.42 bits per heavy atom. The van der Waals surface area contributed by atoms with Crippen LogP contribution in [0.2, 0.25) is 0 Å². The highest BCUT2D eigenvalue weighted by Crippen LogP contribution is 2.31. The highest BCUT2D eigenvalue weighted by molar-refractivity contribution is 5.90. The number of fused-ring (bicyclic) bond motifs is 1. The summed E-state index contributed by atoms with van der Waals surface area (Å²) in [5.74, 6) is 1.02. The number of methoxy groups -OCH3 is 2. The molecule has 0 atom stereocenters. The SMILES string of the molecule is COc1ccc(OC)c2[nH]c(=O)c(CNCCc3ccc(F)cc3)cc12. The monoisotopic (exact) mass is 356 g/mol. The van der Waals surface area contributed by atoms with Crippen molar-refractivity contribution in [1.29, 1.82) is 0 Å². The van der Waals surface area contributed by atoms with Crippen molar-refractivity contribution in [2.24, 2.45) is 0 Å². The van der Waals surface area contributed by atoms with Gasteiger partial charge < -0.3 is 19.8 Å². The van der Waals surface area contributed by atoms with E-state index in [0.29, 0.717) is 35.7 Å². The van der Waals surface area contributed by atoms with Crippen LogP contribution in [0.4, 0.5) is 4.39 Å². The number of aromatic nitrogens is 1. The van der Waals surface area contributed by atoms with E-state index in [4.69, 9.17) is 9.47 Å². The average Bonchev–Trinajstić information content (AvgIpc) is 2.66. The zero-order valence-electron chi connectivity index (χ0n) is 14.8. The van der Waals surface area contributed by atoms with Gasteiger partial charge in [-0.2, -0.15) is 0 Å². The summed E-state index contributed by atoms with van der Waals surface area (Å²) in [5.41, 5.74) is 2.10. The van der Waals surface area contributed by atoms with Crippen molar-refractivity contribution < 1.29 is 13.9 Å². The molecule has 5 nitrogen and oxygen atoms in total. The van der Waals surface area contributed by atoms with Crippen LogP contribution in [0, 0.1) is 5.82 Å². The largest absolute Gasteiger partial charge is 0.496 e. The number of pyridine rings is 1. The van der Waals surface area contributed by atoms with Crippen molar-refractivity contribution in [3.8, 4) is 11.5 Å². The molecule has 1 heterocycles.